The van der Waals surface area contributed by atoms with E-state index < -0.39 is 11.2 Å². The van der Waals surface area contributed by atoms with E-state index in [0.29, 0.717) is 0 Å². The molecule has 0 aliphatic rings. The van der Waals surface area contributed by atoms with Gasteiger partial charge in [0.05, 0.1) is 12.0 Å². The molecular formula is C12H22O4. The first-order chi connectivity index (χ1) is 7.16. The van der Waals surface area contributed by atoms with Gasteiger partial charge < -0.3 is 4.74 Å². The van der Waals surface area contributed by atoms with Crippen LogP contribution < -0.4 is 0 Å². The van der Waals surface area contributed by atoms with Crippen molar-refractivity contribution in [3.05, 3.63) is 12.7 Å². The van der Waals surface area contributed by atoms with E-state index in [1.54, 1.807) is 13.8 Å². The molecule has 0 aromatic heterocycles. The van der Waals surface area contributed by atoms with Crippen LogP contribution in [0.3, 0.4) is 0 Å². The molecule has 94 valence electrons. The molecule has 0 radical (unpaired) electrons. The van der Waals surface area contributed by atoms with E-state index >= 15 is 0 Å². The maximum absolute atomic E-state index is 11.3. The van der Waals surface area contributed by atoms with Crippen LogP contribution in [0, 0.1) is 0 Å². The summed E-state index contributed by atoms with van der Waals surface area (Å²) in [5.74, 6) is -0.331. The normalized spacial score (nSPS) is 12.3. The minimum atomic E-state index is -0.703. The van der Waals surface area contributed by atoms with Crippen LogP contribution in [0.25, 0.3) is 0 Å². The van der Waals surface area contributed by atoms with E-state index in [-0.39, 0.29) is 19.0 Å². The van der Waals surface area contributed by atoms with Crippen molar-refractivity contribution in [2.75, 3.05) is 6.61 Å². The topological polar surface area (TPSA) is 44.8 Å². The molecule has 0 N–H and O–H groups in total. The molecule has 0 bridgehead atoms. The summed E-state index contributed by atoms with van der Waals surface area (Å²) in [6, 6.07) is 0. The number of carbonyl (C=O) groups excluding carboxylic acids is 1. The SMILES string of the molecule is C=CCOC(=O)CC(C)(C)OOC(C)(C)C. The molecular weight excluding hydrogens is 208 g/mol. The predicted molar refractivity (Wildman–Crippen MR) is 61.8 cm³/mol. The third-order valence-electron chi connectivity index (χ3n) is 1.45. The fourth-order valence-electron chi connectivity index (χ4n) is 0.818. The number of ether oxygens (including phenoxy) is 1. The van der Waals surface area contributed by atoms with E-state index in [4.69, 9.17) is 14.5 Å². The standard InChI is InChI=1S/C12H22O4/c1-7-8-14-10(13)9-12(5,6)16-15-11(2,3)4/h7H,1,8-9H2,2-6H3. The minimum Gasteiger partial charge on any atom is -0.461 e. The number of carbonyl (C=O) groups is 1. The first-order valence-corrected chi connectivity index (χ1v) is 5.30. The summed E-state index contributed by atoms with van der Waals surface area (Å²) in [7, 11) is 0. The van der Waals surface area contributed by atoms with Crippen LogP contribution >= 0.6 is 0 Å². The van der Waals surface area contributed by atoms with Crippen LogP contribution in [-0.2, 0) is 19.3 Å². The molecule has 16 heavy (non-hydrogen) atoms. The second kappa shape index (κ2) is 6.01. The fourth-order valence-corrected chi connectivity index (χ4v) is 0.818. The van der Waals surface area contributed by atoms with E-state index in [0.717, 1.165) is 0 Å². The van der Waals surface area contributed by atoms with Gasteiger partial charge in [0.15, 0.2) is 0 Å². The second-order valence-corrected chi connectivity index (χ2v) is 5.19. The average molecular weight is 230 g/mol. The maximum atomic E-state index is 11.3. The number of hydrogen-bond acceptors (Lipinski definition) is 4. The molecule has 0 unspecified atom stereocenters. The molecule has 0 amide bonds. The van der Waals surface area contributed by atoms with Gasteiger partial charge in [-0.3, -0.25) is 4.79 Å². The Morgan fingerprint density at radius 1 is 1.19 bits per heavy atom. The first kappa shape index (κ1) is 15.1. The van der Waals surface area contributed by atoms with Crippen LogP contribution in [0.15, 0.2) is 12.7 Å². The molecule has 0 atom stereocenters. The van der Waals surface area contributed by atoms with Crippen molar-refractivity contribution in [3.63, 3.8) is 0 Å². The molecule has 0 aliphatic heterocycles. The zero-order valence-corrected chi connectivity index (χ0v) is 10.8. The van der Waals surface area contributed by atoms with Crippen LogP contribution in [0.1, 0.15) is 41.0 Å². The molecule has 0 aromatic carbocycles. The van der Waals surface area contributed by atoms with Crippen LogP contribution in [0.4, 0.5) is 0 Å². The molecule has 0 heterocycles. The third kappa shape index (κ3) is 8.44. The Hall–Kier alpha value is -0.870. The summed E-state index contributed by atoms with van der Waals surface area (Å²) in [5.41, 5.74) is -1.10. The van der Waals surface area contributed by atoms with Gasteiger partial charge in [0.25, 0.3) is 0 Å². The van der Waals surface area contributed by atoms with Crippen molar-refractivity contribution in [1.82, 2.24) is 0 Å². The van der Waals surface area contributed by atoms with E-state index in [2.05, 4.69) is 6.58 Å². The van der Waals surface area contributed by atoms with Crippen LogP contribution in [0.5, 0.6) is 0 Å². The number of rotatable bonds is 6. The van der Waals surface area contributed by atoms with Gasteiger partial charge in [0.1, 0.15) is 12.2 Å². The first-order valence-electron chi connectivity index (χ1n) is 5.30. The molecule has 4 heteroatoms. The molecule has 0 saturated carbocycles. The highest BCUT2D eigenvalue weighted by molar-refractivity contribution is 5.70. The Kier molecular flexibility index (Phi) is 5.68. The van der Waals surface area contributed by atoms with Crippen molar-refractivity contribution in [3.8, 4) is 0 Å². The zero-order valence-electron chi connectivity index (χ0n) is 10.8. The van der Waals surface area contributed by atoms with Crippen molar-refractivity contribution in [2.24, 2.45) is 0 Å². The number of esters is 1. The van der Waals surface area contributed by atoms with Gasteiger partial charge in [-0.25, -0.2) is 9.78 Å². The molecule has 0 aliphatic carbocycles. The van der Waals surface area contributed by atoms with Crippen molar-refractivity contribution >= 4 is 5.97 Å². The Labute approximate surface area is 97.5 Å². The highest BCUT2D eigenvalue weighted by atomic mass is 17.2. The lowest BCUT2D eigenvalue weighted by Gasteiger charge is -2.27. The summed E-state index contributed by atoms with van der Waals surface area (Å²) in [6.07, 6.45) is 1.66. The molecule has 0 saturated heterocycles. The van der Waals surface area contributed by atoms with Crippen molar-refractivity contribution in [2.45, 2.75) is 52.2 Å². The predicted octanol–water partition coefficient (Wildman–Crippen LogP) is 2.63. The summed E-state index contributed by atoms with van der Waals surface area (Å²) in [4.78, 5) is 21.7. The second-order valence-electron chi connectivity index (χ2n) is 5.19. The van der Waals surface area contributed by atoms with Crippen molar-refractivity contribution in [1.29, 1.82) is 0 Å². The van der Waals surface area contributed by atoms with E-state index in [1.165, 1.54) is 6.08 Å². The van der Waals surface area contributed by atoms with Gasteiger partial charge in [-0.1, -0.05) is 12.7 Å². The van der Waals surface area contributed by atoms with Gasteiger partial charge in [0.2, 0.25) is 0 Å². The van der Waals surface area contributed by atoms with Gasteiger partial charge in [0, 0.05) is 0 Å². The lowest BCUT2D eigenvalue weighted by Crippen LogP contribution is -2.33. The highest BCUT2D eigenvalue weighted by Gasteiger charge is 2.27. The van der Waals surface area contributed by atoms with E-state index in [1.807, 2.05) is 20.8 Å². The Morgan fingerprint density at radius 2 is 1.75 bits per heavy atom. The lowest BCUT2D eigenvalue weighted by atomic mass is 10.1. The number of hydrogen-bond donors (Lipinski definition) is 0. The van der Waals surface area contributed by atoms with Gasteiger partial charge in [-0.2, -0.15) is 0 Å². The monoisotopic (exact) mass is 230 g/mol. The minimum absolute atomic E-state index is 0.136. The van der Waals surface area contributed by atoms with Gasteiger partial charge in [-0.05, 0) is 34.6 Å². The molecule has 0 rings (SSSR count). The summed E-state index contributed by atoms with van der Waals surface area (Å²) in [6.45, 7) is 12.8. The molecule has 0 spiro atoms. The smallest absolute Gasteiger partial charge is 0.309 e. The van der Waals surface area contributed by atoms with Crippen LogP contribution in [0.2, 0.25) is 0 Å². The fraction of sp³-hybridized carbons (Fsp3) is 0.750. The molecule has 0 aromatic rings. The summed E-state index contributed by atoms with van der Waals surface area (Å²) >= 11 is 0. The maximum Gasteiger partial charge on any atom is 0.309 e. The lowest BCUT2D eigenvalue weighted by molar-refractivity contribution is -0.396. The third-order valence-corrected chi connectivity index (χ3v) is 1.45. The van der Waals surface area contributed by atoms with E-state index in [9.17, 15) is 4.79 Å². The largest absolute Gasteiger partial charge is 0.461 e. The zero-order chi connectivity index (χ0) is 12.8. The quantitative estimate of drug-likeness (QED) is 0.304. The Morgan fingerprint density at radius 3 is 2.19 bits per heavy atom. The molecule has 0 fully saturated rings. The summed E-state index contributed by atoms with van der Waals surface area (Å²) < 4.78 is 4.87. The molecule has 4 nitrogen and oxygen atoms in total. The Bertz CT molecular complexity index is 238. The van der Waals surface area contributed by atoms with Crippen LogP contribution in [-0.4, -0.2) is 23.8 Å². The van der Waals surface area contributed by atoms with Crippen molar-refractivity contribution < 1.29 is 19.3 Å². The van der Waals surface area contributed by atoms with Gasteiger partial charge in [-0.15, -0.1) is 0 Å². The summed E-state index contributed by atoms with van der Waals surface area (Å²) in [5, 5.41) is 0. The highest BCUT2D eigenvalue weighted by Crippen LogP contribution is 2.19. The average Bonchev–Trinajstić information content (AvgIpc) is 2.10. The Balaban J connectivity index is 4.03. The van der Waals surface area contributed by atoms with Gasteiger partial charge >= 0.3 is 5.97 Å².